The molecule has 1 atom stereocenters. The Morgan fingerprint density at radius 2 is 1.95 bits per heavy atom. The topological polar surface area (TPSA) is 57.6 Å². The van der Waals surface area contributed by atoms with Gasteiger partial charge in [-0.15, -0.1) is 0 Å². The summed E-state index contributed by atoms with van der Waals surface area (Å²) >= 11 is 5.86. The van der Waals surface area contributed by atoms with Crippen LogP contribution in [-0.4, -0.2) is 28.2 Å². The molecule has 2 rings (SSSR count). The molecule has 0 aliphatic carbocycles. The minimum absolute atomic E-state index is 0.158. The summed E-state index contributed by atoms with van der Waals surface area (Å²) in [6.45, 7) is 3.78. The van der Waals surface area contributed by atoms with E-state index in [4.69, 9.17) is 11.6 Å². The molecule has 0 spiro atoms. The van der Waals surface area contributed by atoms with Crippen molar-refractivity contribution in [2.45, 2.75) is 26.3 Å². The number of Topliss-reactive ketones (excluding diaryl/α,β-unsaturated/α-hetero) is 1. The van der Waals surface area contributed by atoms with Gasteiger partial charge >= 0.3 is 0 Å². The number of carbonyl (C=O) groups excluding carboxylic acids is 2. The molecule has 0 saturated carbocycles. The van der Waals surface area contributed by atoms with E-state index in [2.05, 4.69) is 0 Å². The lowest BCUT2D eigenvalue weighted by molar-refractivity contribution is -0.129. The molecule has 0 radical (unpaired) electrons. The highest BCUT2D eigenvalue weighted by Gasteiger charge is 2.41. The van der Waals surface area contributed by atoms with Crippen molar-refractivity contribution in [1.82, 2.24) is 4.90 Å². The molecule has 5 heteroatoms. The summed E-state index contributed by atoms with van der Waals surface area (Å²) in [5, 5.41) is 10.5. The number of aliphatic hydroxyl groups is 1. The predicted octanol–water partition coefficient (Wildman–Crippen LogP) is 3.03. The van der Waals surface area contributed by atoms with Crippen molar-refractivity contribution >= 4 is 23.3 Å². The molecule has 0 unspecified atom stereocenters. The summed E-state index contributed by atoms with van der Waals surface area (Å²) in [4.78, 5) is 25.4. The van der Waals surface area contributed by atoms with Gasteiger partial charge in [-0.1, -0.05) is 30.7 Å². The lowest BCUT2D eigenvalue weighted by atomic mass is 9.97. The number of rotatable bonds is 4. The van der Waals surface area contributed by atoms with Crippen molar-refractivity contribution in [3.63, 3.8) is 0 Å². The van der Waals surface area contributed by atoms with Crippen molar-refractivity contribution < 1.29 is 14.7 Å². The molecule has 0 bridgehead atoms. The molecule has 0 saturated heterocycles. The van der Waals surface area contributed by atoms with E-state index in [9.17, 15) is 14.7 Å². The number of aliphatic hydroxyl groups excluding tert-OH is 1. The first-order valence-electron chi connectivity index (χ1n) is 6.47. The first-order chi connectivity index (χ1) is 9.47. The summed E-state index contributed by atoms with van der Waals surface area (Å²) in [7, 11) is 0. The number of nitrogens with zero attached hydrogens (tertiary/aromatic N) is 1. The molecule has 4 nitrogen and oxygen atoms in total. The van der Waals surface area contributed by atoms with Crippen molar-refractivity contribution in [2.24, 2.45) is 0 Å². The lowest BCUT2D eigenvalue weighted by Crippen LogP contribution is -2.31. The summed E-state index contributed by atoms with van der Waals surface area (Å²) in [6, 6.07) is 6.42. The quantitative estimate of drug-likeness (QED) is 0.928. The van der Waals surface area contributed by atoms with Crippen LogP contribution in [0.2, 0.25) is 5.02 Å². The van der Waals surface area contributed by atoms with Gasteiger partial charge in [-0.25, -0.2) is 0 Å². The van der Waals surface area contributed by atoms with Gasteiger partial charge < -0.3 is 10.0 Å². The first kappa shape index (κ1) is 14.6. The zero-order valence-electron chi connectivity index (χ0n) is 11.4. The number of ketones is 1. The van der Waals surface area contributed by atoms with Gasteiger partial charge in [-0.2, -0.15) is 0 Å². The molecule has 20 heavy (non-hydrogen) atoms. The van der Waals surface area contributed by atoms with E-state index >= 15 is 0 Å². The zero-order valence-corrected chi connectivity index (χ0v) is 12.1. The second-order valence-electron chi connectivity index (χ2n) is 4.77. The fourth-order valence-electron chi connectivity index (χ4n) is 2.48. The van der Waals surface area contributed by atoms with Gasteiger partial charge in [0.2, 0.25) is 0 Å². The summed E-state index contributed by atoms with van der Waals surface area (Å²) in [6.07, 6.45) is 0.744. The van der Waals surface area contributed by atoms with Crippen molar-refractivity contribution in [3.8, 4) is 0 Å². The number of carbonyl (C=O) groups is 2. The predicted molar refractivity (Wildman–Crippen MR) is 76.5 cm³/mol. The minimum Gasteiger partial charge on any atom is -0.503 e. The largest absolute Gasteiger partial charge is 0.503 e. The van der Waals surface area contributed by atoms with E-state index in [1.807, 2.05) is 6.92 Å². The van der Waals surface area contributed by atoms with Crippen LogP contribution in [-0.2, 0) is 9.59 Å². The van der Waals surface area contributed by atoms with E-state index in [-0.39, 0.29) is 11.4 Å². The maximum Gasteiger partial charge on any atom is 0.290 e. The van der Waals surface area contributed by atoms with Gasteiger partial charge in [0.15, 0.2) is 11.5 Å². The minimum atomic E-state index is -0.530. The zero-order chi connectivity index (χ0) is 14.9. The van der Waals surface area contributed by atoms with Crippen LogP contribution in [0.5, 0.6) is 0 Å². The maximum absolute atomic E-state index is 12.1. The Balaban J connectivity index is 2.51. The molecule has 1 aromatic rings. The molecule has 1 heterocycles. The van der Waals surface area contributed by atoms with Gasteiger partial charge in [0.1, 0.15) is 0 Å². The molecule has 1 aliphatic heterocycles. The number of benzene rings is 1. The Bertz CT molecular complexity index is 577. The molecule has 1 N–H and O–H groups in total. The molecule has 1 aliphatic rings. The van der Waals surface area contributed by atoms with Gasteiger partial charge in [-0.3, -0.25) is 9.59 Å². The molecular formula is C15H16ClNO3. The van der Waals surface area contributed by atoms with Crippen LogP contribution < -0.4 is 0 Å². The highest BCUT2D eigenvalue weighted by molar-refractivity contribution is 6.30. The van der Waals surface area contributed by atoms with Crippen LogP contribution in [0.15, 0.2) is 35.6 Å². The fourth-order valence-corrected chi connectivity index (χ4v) is 2.60. The Morgan fingerprint density at radius 1 is 1.35 bits per heavy atom. The molecular weight excluding hydrogens is 278 g/mol. The lowest BCUT2D eigenvalue weighted by Gasteiger charge is -2.26. The maximum atomic E-state index is 12.1. The Kier molecular flexibility index (Phi) is 4.14. The molecule has 106 valence electrons. The van der Waals surface area contributed by atoms with Crippen LogP contribution in [0.1, 0.15) is 31.9 Å². The van der Waals surface area contributed by atoms with Gasteiger partial charge in [0, 0.05) is 11.6 Å². The van der Waals surface area contributed by atoms with Crippen LogP contribution in [0.3, 0.4) is 0 Å². The molecule has 0 aromatic heterocycles. The normalized spacial score (nSPS) is 18.9. The average Bonchev–Trinajstić information content (AvgIpc) is 2.65. The SMILES string of the molecule is CCCN1C(=O)C(O)=C(C(C)=O)[C@@H]1c1ccc(Cl)cc1. The Morgan fingerprint density at radius 3 is 2.45 bits per heavy atom. The Hall–Kier alpha value is -1.81. The van der Waals surface area contributed by atoms with E-state index in [0.29, 0.717) is 11.6 Å². The standard InChI is InChI=1S/C15H16ClNO3/c1-3-8-17-13(10-4-6-11(16)7-5-10)12(9(2)18)14(19)15(17)20/h4-7,13,19H,3,8H2,1-2H3/t13-/m0/s1. The third-order valence-corrected chi connectivity index (χ3v) is 3.59. The van der Waals surface area contributed by atoms with E-state index in [0.717, 1.165) is 12.0 Å². The second kappa shape index (κ2) is 5.67. The number of amides is 1. The van der Waals surface area contributed by atoms with Crippen molar-refractivity contribution in [2.75, 3.05) is 6.54 Å². The van der Waals surface area contributed by atoms with Crippen LogP contribution in [0.25, 0.3) is 0 Å². The smallest absolute Gasteiger partial charge is 0.290 e. The third-order valence-electron chi connectivity index (χ3n) is 3.33. The van der Waals surface area contributed by atoms with Crippen LogP contribution in [0, 0.1) is 0 Å². The van der Waals surface area contributed by atoms with Gasteiger partial charge in [-0.05, 0) is 31.0 Å². The summed E-state index contributed by atoms with van der Waals surface area (Å²) in [5.41, 5.74) is 0.927. The number of hydrogen-bond acceptors (Lipinski definition) is 3. The molecule has 1 aromatic carbocycles. The first-order valence-corrected chi connectivity index (χ1v) is 6.85. The average molecular weight is 294 g/mol. The third kappa shape index (κ3) is 2.43. The molecule has 0 fully saturated rings. The summed E-state index contributed by atoms with van der Waals surface area (Å²) < 4.78 is 0. The highest BCUT2D eigenvalue weighted by atomic mass is 35.5. The van der Waals surface area contributed by atoms with Gasteiger partial charge in [0.25, 0.3) is 5.91 Å². The van der Waals surface area contributed by atoms with Crippen LogP contribution in [0.4, 0.5) is 0 Å². The summed E-state index contributed by atoms with van der Waals surface area (Å²) in [5.74, 6) is -1.22. The highest BCUT2D eigenvalue weighted by Crippen LogP contribution is 2.37. The second-order valence-corrected chi connectivity index (χ2v) is 5.21. The number of hydrogen-bond donors (Lipinski definition) is 1. The monoisotopic (exact) mass is 293 g/mol. The Labute approximate surface area is 122 Å². The van der Waals surface area contributed by atoms with Crippen molar-refractivity contribution in [1.29, 1.82) is 0 Å². The van der Waals surface area contributed by atoms with Crippen molar-refractivity contribution in [3.05, 3.63) is 46.2 Å². The molecule has 1 amide bonds. The van der Waals surface area contributed by atoms with E-state index in [1.165, 1.54) is 11.8 Å². The van der Waals surface area contributed by atoms with E-state index < -0.39 is 17.7 Å². The fraction of sp³-hybridized carbons (Fsp3) is 0.333. The van der Waals surface area contributed by atoms with Crippen LogP contribution >= 0.6 is 11.6 Å². The van der Waals surface area contributed by atoms with Gasteiger partial charge in [0.05, 0.1) is 11.6 Å². The van der Waals surface area contributed by atoms with E-state index in [1.54, 1.807) is 24.3 Å². The number of halogens is 1.